The van der Waals surface area contributed by atoms with Gasteiger partial charge in [0.2, 0.25) is 5.91 Å². The molecule has 1 aliphatic carbocycles. The van der Waals surface area contributed by atoms with Crippen molar-refractivity contribution in [2.24, 2.45) is 0 Å². The third kappa shape index (κ3) is 8.54. The summed E-state index contributed by atoms with van der Waals surface area (Å²) in [7, 11) is 0. The van der Waals surface area contributed by atoms with Crippen molar-refractivity contribution in [2.45, 2.75) is 70.1 Å². The first-order chi connectivity index (χ1) is 30.3. The monoisotopic (exact) mass is 699 g/mol. The molecule has 4 aromatic rings. The summed E-state index contributed by atoms with van der Waals surface area (Å²) in [6.45, 7) is -21.2. The number of carbonyl (C=O) groups excluding carboxylic acids is 1. The first-order valence-corrected chi connectivity index (χ1v) is 15.2. The van der Waals surface area contributed by atoms with E-state index in [1.165, 1.54) is 12.1 Å². The van der Waals surface area contributed by atoms with Gasteiger partial charge in [-0.25, -0.2) is 4.39 Å². The number of likely N-dealkylation sites (N-methyl/N-ethyl adjacent to an activating group) is 1. The molecule has 1 heterocycles. The lowest BCUT2D eigenvalue weighted by Gasteiger charge is -2.28. The second kappa shape index (κ2) is 15.5. The van der Waals surface area contributed by atoms with Gasteiger partial charge >= 0.3 is 6.18 Å². The standard InChI is InChI=1S/C37H40F4N4O2S/c1-4-43(5-2)19-20-44(22-29-12-11-28(21-25(29)3)27-13-15-30(16-14-27)37(39,40)41)34(46)23-45-33-8-6-7-32(33)35(47)42-36(45)48-24-26-9-17-31(38)18-10-26/h9-18,21H,4-8,19-20,22-24H2,1-3H3/i4D2,5D2,11D,12D,13D,14D,15D,16D,19D2,20D2,21D,22D2,23D2. The molecule has 0 unspecified atom stereocenters. The Labute approximate surface area is 309 Å². The van der Waals surface area contributed by atoms with E-state index in [-0.39, 0.29) is 41.2 Å². The highest BCUT2D eigenvalue weighted by Gasteiger charge is 2.30. The molecule has 0 bridgehead atoms. The molecule has 0 N–H and O–H groups in total. The molecule has 1 aliphatic rings. The van der Waals surface area contributed by atoms with E-state index in [0.29, 0.717) is 35.7 Å². The number of amides is 1. The van der Waals surface area contributed by atoms with Crippen molar-refractivity contribution in [3.8, 4) is 11.1 Å². The number of hydrogen-bond donors (Lipinski definition) is 0. The Hall–Kier alpha value is -3.96. The maximum Gasteiger partial charge on any atom is 0.416 e. The number of aromatic nitrogens is 2. The molecule has 254 valence electrons. The van der Waals surface area contributed by atoms with Crippen molar-refractivity contribution in [1.29, 1.82) is 0 Å². The van der Waals surface area contributed by atoms with Crippen LogP contribution in [0, 0.1) is 12.7 Å². The van der Waals surface area contributed by atoms with Gasteiger partial charge in [-0.3, -0.25) is 9.59 Å². The smallest absolute Gasteiger partial charge is 0.336 e. The molecule has 0 aliphatic heterocycles. The van der Waals surface area contributed by atoms with Gasteiger partial charge in [0.15, 0.2) is 5.16 Å². The third-order valence-electron chi connectivity index (χ3n) is 6.90. The molecule has 3 aromatic carbocycles. The van der Waals surface area contributed by atoms with E-state index in [9.17, 15) is 30.6 Å². The van der Waals surface area contributed by atoms with Gasteiger partial charge in [-0.05, 0) is 91.2 Å². The Bertz CT molecular complexity index is 2640. The molecule has 1 aromatic heterocycles. The summed E-state index contributed by atoms with van der Waals surface area (Å²) in [5.41, 5.74) is -7.20. The van der Waals surface area contributed by atoms with Crippen molar-refractivity contribution in [1.82, 2.24) is 19.4 Å². The van der Waals surface area contributed by atoms with E-state index in [1.807, 2.05) is 0 Å². The number of fused-ring (bicyclic) bond motifs is 1. The Kier molecular flexibility index (Phi) is 5.86. The number of carbonyl (C=O) groups is 1. The van der Waals surface area contributed by atoms with E-state index in [0.717, 1.165) is 19.1 Å². The first kappa shape index (κ1) is 18.2. The quantitative estimate of drug-likeness (QED) is 0.0821. The van der Waals surface area contributed by atoms with Crippen LogP contribution in [0.3, 0.4) is 0 Å². The molecule has 0 spiro atoms. The Morgan fingerprint density at radius 3 is 2.38 bits per heavy atom. The zero-order valence-corrected chi connectivity index (χ0v) is 26.5. The maximum atomic E-state index is 15.3. The lowest BCUT2D eigenvalue weighted by atomic mass is 9.98. The highest BCUT2D eigenvalue weighted by Crippen LogP contribution is 2.32. The summed E-state index contributed by atoms with van der Waals surface area (Å²) in [6.07, 6.45) is -5.35. The van der Waals surface area contributed by atoms with Crippen LogP contribution in [0.2, 0.25) is 0 Å². The minimum atomic E-state index is -5.43. The van der Waals surface area contributed by atoms with Crippen molar-refractivity contribution in [3.63, 3.8) is 0 Å². The third-order valence-corrected chi connectivity index (χ3v) is 7.91. The Morgan fingerprint density at radius 1 is 1.02 bits per heavy atom. The molecular weight excluding hydrogens is 640 g/mol. The zero-order chi connectivity index (χ0) is 51.3. The second-order valence-corrected chi connectivity index (χ2v) is 11.0. The molecule has 0 atom stereocenters. The largest absolute Gasteiger partial charge is 0.416 e. The van der Waals surface area contributed by atoms with Gasteiger partial charge in [-0.2, -0.15) is 18.2 Å². The molecule has 6 nitrogen and oxygen atoms in total. The Balaban J connectivity index is 1.87. The molecule has 5 rings (SSSR count). The van der Waals surface area contributed by atoms with E-state index < -0.39 is 143 Å². The number of rotatable bonds is 13. The van der Waals surface area contributed by atoms with Gasteiger partial charge in [-0.1, -0.05) is 68.0 Å². The minimum Gasteiger partial charge on any atom is -0.336 e. The number of hydrogen-bond acceptors (Lipinski definition) is 5. The molecule has 0 radical (unpaired) electrons. The number of benzene rings is 3. The minimum absolute atomic E-state index is 0.00309. The van der Waals surface area contributed by atoms with Crippen LogP contribution in [0.15, 0.2) is 76.5 Å². The van der Waals surface area contributed by atoms with Gasteiger partial charge in [0, 0.05) is 44.7 Å². The predicted octanol–water partition coefficient (Wildman–Crippen LogP) is 7.53. The normalized spacial score (nSPS) is 20.4. The van der Waals surface area contributed by atoms with Crippen molar-refractivity contribution in [3.05, 3.63) is 116 Å². The van der Waals surface area contributed by atoms with E-state index in [4.69, 9.17) is 17.8 Å². The van der Waals surface area contributed by atoms with E-state index in [2.05, 4.69) is 4.98 Å². The SMILES string of the molecule is [2H]c1c([2H])c(C(F)(F)F)c([2H])c([2H])c1-c1c([2H])c([2H])c(C([2H])([2H])N(C(=O)C([2H])([2H])n2c(SCc3ccc(F)cc3)nc(=O)c3c2CCC3)C([2H])([2H])C([2H])([2H])N(C([2H])([2H])C)C([2H])([2H])C)c(C)c1[2H]. The highest BCUT2D eigenvalue weighted by atomic mass is 32.2. The number of halogens is 4. The molecule has 48 heavy (non-hydrogen) atoms. The average Bonchev–Trinajstić information content (AvgIpc) is 3.65. The summed E-state index contributed by atoms with van der Waals surface area (Å²) >= 11 is 0.636. The highest BCUT2D eigenvalue weighted by molar-refractivity contribution is 7.98. The molecular formula is C37H40F4N4O2S. The van der Waals surface area contributed by atoms with Gasteiger partial charge in [0.05, 0.1) is 23.4 Å². The van der Waals surface area contributed by atoms with Gasteiger partial charge in [0.25, 0.3) is 5.56 Å². The van der Waals surface area contributed by atoms with Crippen molar-refractivity contribution < 1.29 is 48.4 Å². The van der Waals surface area contributed by atoms with Gasteiger partial charge < -0.3 is 14.4 Å². The average molecular weight is 700 g/mol. The number of thioether (sulfide) groups is 1. The predicted molar refractivity (Wildman–Crippen MR) is 181 cm³/mol. The lowest BCUT2D eigenvalue weighted by molar-refractivity contribution is -0.137. The van der Waals surface area contributed by atoms with Gasteiger partial charge in [0.1, 0.15) is 12.3 Å². The van der Waals surface area contributed by atoms with Crippen molar-refractivity contribution in [2.75, 3.05) is 26.0 Å². The van der Waals surface area contributed by atoms with Crippen LogP contribution < -0.4 is 5.56 Å². The fourth-order valence-electron chi connectivity index (χ4n) is 4.49. The number of alkyl halides is 3. The number of nitrogens with zero attached hydrogens (tertiary/aromatic N) is 4. The van der Waals surface area contributed by atoms with Crippen LogP contribution in [-0.4, -0.2) is 51.2 Å². The fraction of sp³-hybridized carbons (Fsp3) is 0.378. The summed E-state index contributed by atoms with van der Waals surface area (Å²) in [4.78, 5) is 31.4. The molecule has 1 amide bonds. The maximum absolute atomic E-state index is 15.3. The zero-order valence-electron chi connectivity index (χ0n) is 44.7. The molecule has 0 saturated carbocycles. The summed E-state index contributed by atoms with van der Waals surface area (Å²) in [5, 5.41) is -0.561. The van der Waals surface area contributed by atoms with Crippen molar-refractivity contribution >= 4 is 17.7 Å². The Morgan fingerprint density at radius 2 is 1.71 bits per heavy atom. The summed E-state index contributed by atoms with van der Waals surface area (Å²) < 4.78 is 223. The van der Waals surface area contributed by atoms with Crippen LogP contribution in [0.5, 0.6) is 0 Å². The van der Waals surface area contributed by atoms with E-state index in [1.54, 1.807) is 0 Å². The van der Waals surface area contributed by atoms with E-state index >= 15 is 4.79 Å². The van der Waals surface area contributed by atoms with Crippen LogP contribution in [0.1, 0.15) is 79.8 Å². The molecule has 11 heteroatoms. The first-order valence-electron chi connectivity index (χ1n) is 23.7. The lowest BCUT2D eigenvalue weighted by Crippen LogP contribution is -2.40. The van der Waals surface area contributed by atoms with Crippen LogP contribution in [-0.2, 0) is 42.6 Å². The summed E-state index contributed by atoms with van der Waals surface area (Å²) in [6, 6.07) is -5.35. The second-order valence-electron chi connectivity index (χ2n) is 10.1. The van der Waals surface area contributed by atoms with Crippen LogP contribution in [0.4, 0.5) is 17.6 Å². The van der Waals surface area contributed by atoms with Crippen LogP contribution in [0.25, 0.3) is 11.1 Å². The topological polar surface area (TPSA) is 58.4 Å². The fourth-order valence-corrected chi connectivity index (χ4v) is 5.41. The van der Waals surface area contributed by atoms with Gasteiger partial charge in [-0.15, -0.1) is 0 Å². The summed E-state index contributed by atoms with van der Waals surface area (Å²) in [5.74, 6) is -3.14. The molecule has 0 saturated heterocycles. The van der Waals surface area contributed by atoms with Crippen LogP contribution >= 0.6 is 11.8 Å². The molecule has 0 fully saturated rings.